The second kappa shape index (κ2) is 36.7. The van der Waals surface area contributed by atoms with Crippen molar-refractivity contribution in [2.45, 2.75) is 197 Å². The molecule has 15 heteroatoms. The van der Waals surface area contributed by atoms with Gasteiger partial charge >= 0.3 is 19.8 Å². The summed E-state index contributed by atoms with van der Waals surface area (Å²) >= 11 is 0. The van der Waals surface area contributed by atoms with E-state index in [1.54, 1.807) is 0 Å². The van der Waals surface area contributed by atoms with Crippen molar-refractivity contribution in [1.29, 1.82) is 0 Å². The van der Waals surface area contributed by atoms with E-state index in [1.165, 1.54) is 19.3 Å². The maximum Gasteiger partial charge on any atom is 0.472 e. The van der Waals surface area contributed by atoms with Crippen LogP contribution in [-0.2, 0) is 37.4 Å². The molecule has 0 spiro atoms. The third kappa shape index (κ3) is 28.2. The van der Waals surface area contributed by atoms with E-state index in [-0.39, 0.29) is 12.8 Å². The summed E-state index contributed by atoms with van der Waals surface area (Å²) in [6.45, 7) is 3.06. The van der Waals surface area contributed by atoms with Crippen molar-refractivity contribution < 1.29 is 67.8 Å². The molecule has 1 aliphatic carbocycles. The fraction of sp³-hybridized carbons (Fsp3) is 0.647. The van der Waals surface area contributed by atoms with E-state index >= 15 is 0 Å². The number of epoxide rings is 1. The van der Waals surface area contributed by atoms with Gasteiger partial charge < -0.3 is 44.6 Å². The van der Waals surface area contributed by atoms with Crippen LogP contribution in [0.2, 0.25) is 0 Å². The molecule has 2 aliphatic rings. The average Bonchev–Trinajstić information content (AvgIpc) is 4.06. The first-order valence-corrected chi connectivity index (χ1v) is 25.7. The van der Waals surface area contributed by atoms with Gasteiger partial charge in [-0.3, -0.25) is 18.6 Å². The quantitative estimate of drug-likeness (QED) is 0.0113. The summed E-state index contributed by atoms with van der Waals surface area (Å²) in [6, 6.07) is 0. The number of esters is 2. The van der Waals surface area contributed by atoms with Gasteiger partial charge in [0, 0.05) is 12.8 Å². The lowest BCUT2D eigenvalue weighted by molar-refractivity contribution is -0.220. The SMILES string of the molecule is CC/C=C\CC1OC1C/C=C\C/C=C\C/C=C\C/C=C\CCC(=O)OC[C@H](COP(=O)(O)OC1[C@H](O)[C@H](O)C(O)[C@H](O)[C@H]1O)OC(=O)CCCCCC/C=C\C/C=C\C/C=C\CCCCC. The first-order chi connectivity index (χ1) is 31.9. The predicted molar refractivity (Wildman–Crippen MR) is 257 cm³/mol. The maximum atomic E-state index is 12.8. The van der Waals surface area contributed by atoms with E-state index in [4.69, 9.17) is 23.3 Å². The molecule has 1 aliphatic heterocycles. The highest BCUT2D eigenvalue weighted by Gasteiger charge is 2.51. The van der Waals surface area contributed by atoms with Crippen LogP contribution < -0.4 is 0 Å². The Bertz CT molecular complexity index is 1590. The van der Waals surface area contributed by atoms with Crippen LogP contribution in [0.15, 0.2) is 97.2 Å². The Morgan fingerprint density at radius 2 is 1.02 bits per heavy atom. The zero-order valence-corrected chi connectivity index (χ0v) is 40.3. The van der Waals surface area contributed by atoms with Gasteiger partial charge in [-0.15, -0.1) is 0 Å². The second-order valence-corrected chi connectivity index (χ2v) is 18.0. The molecule has 1 saturated heterocycles. The number of rotatable bonds is 37. The molecule has 1 heterocycles. The van der Waals surface area contributed by atoms with E-state index < -0.39 is 75.7 Å². The number of unbranched alkanes of at least 4 members (excludes halogenated alkanes) is 7. The van der Waals surface area contributed by atoms with Crippen molar-refractivity contribution in [2.24, 2.45) is 0 Å². The van der Waals surface area contributed by atoms with Crippen molar-refractivity contribution in [1.82, 2.24) is 0 Å². The molecule has 2 rings (SSSR count). The fourth-order valence-electron chi connectivity index (χ4n) is 6.83. The molecular formula is C51H81O14P. The summed E-state index contributed by atoms with van der Waals surface area (Å²) in [5.74, 6) is -1.24. The zero-order chi connectivity index (χ0) is 48.3. The summed E-state index contributed by atoms with van der Waals surface area (Å²) in [7, 11) is -5.15. The zero-order valence-electron chi connectivity index (χ0n) is 39.4. The lowest BCUT2D eigenvalue weighted by Crippen LogP contribution is -2.64. The predicted octanol–water partition coefficient (Wildman–Crippen LogP) is 8.82. The average molecular weight is 949 g/mol. The van der Waals surface area contributed by atoms with Crippen LogP contribution >= 0.6 is 7.82 Å². The minimum Gasteiger partial charge on any atom is -0.462 e. The lowest BCUT2D eigenvalue weighted by atomic mass is 9.85. The summed E-state index contributed by atoms with van der Waals surface area (Å²) in [4.78, 5) is 35.7. The summed E-state index contributed by atoms with van der Waals surface area (Å²) in [5.41, 5.74) is 0. The third-order valence-electron chi connectivity index (χ3n) is 10.8. The van der Waals surface area contributed by atoms with Gasteiger partial charge in [0.25, 0.3) is 0 Å². The molecule has 0 aromatic carbocycles. The molecule has 0 amide bonds. The second-order valence-electron chi connectivity index (χ2n) is 16.6. The Kier molecular flexibility index (Phi) is 32.8. The van der Waals surface area contributed by atoms with Gasteiger partial charge in [0.2, 0.25) is 0 Å². The minimum atomic E-state index is -5.15. The summed E-state index contributed by atoms with van der Waals surface area (Å²) in [5, 5.41) is 50.2. The van der Waals surface area contributed by atoms with Crippen LogP contribution in [0.25, 0.3) is 0 Å². The number of hydrogen-bond donors (Lipinski definition) is 6. The van der Waals surface area contributed by atoms with Gasteiger partial charge in [0.1, 0.15) is 43.2 Å². The van der Waals surface area contributed by atoms with Crippen molar-refractivity contribution >= 4 is 19.8 Å². The highest BCUT2D eigenvalue weighted by Crippen LogP contribution is 2.47. The number of carbonyl (C=O) groups excluding carboxylic acids is 2. The van der Waals surface area contributed by atoms with Gasteiger partial charge in [0.15, 0.2) is 6.10 Å². The van der Waals surface area contributed by atoms with E-state index in [2.05, 4.69) is 92.8 Å². The third-order valence-corrected chi connectivity index (χ3v) is 11.8. The molecule has 66 heavy (non-hydrogen) atoms. The summed E-state index contributed by atoms with van der Waals surface area (Å²) < 4.78 is 39.1. The van der Waals surface area contributed by atoms with E-state index in [9.17, 15) is 44.6 Å². The van der Waals surface area contributed by atoms with E-state index in [0.29, 0.717) is 31.5 Å². The Morgan fingerprint density at radius 1 is 0.545 bits per heavy atom. The standard InChI is InChI=1S/C51H81O14P/c1-3-5-7-8-9-10-11-12-13-14-15-16-21-24-27-30-34-38-45(53)63-41(40-62-66(59,60)65-51-49(57)47(55)46(54)48(56)50(51)58)39-61-44(52)37-33-29-26-23-20-18-17-19-22-25-28-32-36-43-42(64-43)35-31-6-4-2/h6,9-10,12-13,15-16,18-20,22,26,28-29,31-32,41-43,46-51,54-58H,3-5,7-8,11,14,17,21,23-25,27,30,33-40H2,1-2H3,(H,59,60)/b10-9-,13-12-,16-15-,20-18-,22-19-,29-26-,31-6-,32-28-/t41-,42?,43?,46?,47-,48+,49-,50-,51?/m1/s1. The molecule has 0 radical (unpaired) electrons. The molecule has 0 bridgehead atoms. The highest BCUT2D eigenvalue weighted by molar-refractivity contribution is 7.47. The Labute approximate surface area is 394 Å². The molecule has 1 saturated carbocycles. The lowest BCUT2D eigenvalue weighted by Gasteiger charge is -2.41. The van der Waals surface area contributed by atoms with Crippen molar-refractivity contribution in [2.75, 3.05) is 13.2 Å². The smallest absolute Gasteiger partial charge is 0.462 e. The van der Waals surface area contributed by atoms with Crippen LogP contribution in [0, 0.1) is 0 Å². The first-order valence-electron chi connectivity index (χ1n) is 24.2. The van der Waals surface area contributed by atoms with E-state index in [0.717, 1.165) is 77.0 Å². The van der Waals surface area contributed by atoms with Gasteiger partial charge in [-0.05, 0) is 89.9 Å². The molecule has 0 aromatic heterocycles. The normalized spacial score (nSPS) is 25.2. The van der Waals surface area contributed by atoms with Crippen molar-refractivity contribution in [3.8, 4) is 0 Å². The maximum absolute atomic E-state index is 12.8. The topological polar surface area (TPSA) is 222 Å². The van der Waals surface area contributed by atoms with Crippen LogP contribution in [0.4, 0.5) is 0 Å². The molecule has 5 unspecified atom stereocenters. The van der Waals surface area contributed by atoms with Gasteiger partial charge in [-0.25, -0.2) is 4.57 Å². The Morgan fingerprint density at radius 3 is 1.56 bits per heavy atom. The number of allylic oxidation sites excluding steroid dienone is 14. The molecule has 0 aromatic rings. The number of aliphatic hydroxyl groups is 5. The number of phosphoric acid groups is 1. The Hall–Kier alpha value is -3.27. The van der Waals surface area contributed by atoms with Crippen LogP contribution in [0.5, 0.6) is 0 Å². The van der Waals surface area contributed by atoms with Gasteiger partial charge in [-0.2, -0.15) is 0 Å². The van der Waals surface area contributed by atoms with Crippen LogP contribution in [-0.4, -0.2) is 111 Å². The van der Waals surface area contributed by atoms with Gasteiger partial charge in [0.05, 0.1) is 18.8 Å². The van der Waals surface area contributed by atoms with Crippen molar-refractivity contribution in [3.63, 3.8) is 0 Å². The highest BCUT2D eigenvalue weighted by atomic mass is 31.2. The first kappa shape index (κ1) is 58.9. The van der Waals surface area contributed by atoms with Crippen LogP contribution in [0.3, 0.4) is 0 Å². The molecule has 2 fully saturated rings. The van der Waals surface area contributed by atoms with Gasteiger partial charge in [-0.1, -0.05) is 137 Å². The van der Waals surface area contributed by atoms with E-state index in [1.807, 2.05) is 18.2 Å². The number of hydrogen-bond acceptors (Lipinski definition) is 13. The number of phosphoric ester groups is 1. The number of aliphatic hydroxyl groups excluding tert-OH is 5. The Balaban J connectivity index is 1.73. The van der Waals surface area contributed by atoms with Crippen molar-refractivity contribution in [3.05, 3.63) is 97.2 Å². The molecule has 6 N–H and O–H groups in total. The monoisotopic (exact) mass is 949 g/mol. The fourth-order valence-corrected chi connectivity index (χ4v) is 7.80. The molecule has 10 atom stereocenters. The molecule has 374 valence electrons. The summed E-state index contributed by atoms with van der Waals surface area (Å²) in [6.07, 6.45) is 37.9. The number of carbonyl (C=O) groups is 2. The van der Waals surface area contributed by atoms with Crippen LogP contribution in [0.1, 0.15) is 142 Å². The largest absolute Gasteiger partial charge is 0.472 e. The molecule has 14 nitrogen and oxygen atoms in total. The molecular weight excluding hydrogens is 868 g/mol. The number of ether oxygens (including phenoxy) is 3. The minimum absolute atomic E-state index is 0.0275.